The minimum absolute atomic E-state index is 0.0961. The minimum Gasteiger partial charge on any atom is -0.351 e. The Kier molecular flexibility index (Phi) is 4.61. The van der Waals surface area contributed by atoms with Gasteiger partial charge < -0.3 is 10.2 Å². The molecule has 8 heteroatoms. The summed E-state index contributed by atoms with van der Waals surface area (Å²) in [5, 5.41) is 2.43. The molecule has 0 spiro atoms. The molecule has 3 rings (SSSR count). The van der Waals surface area contributed by atoms with Gasteiger partial charge in [-0.2, -0.15) is 4.99 Å². The van der Waals surface area contributed by atoms with E-state index >= 15 is 0 Å². The zero-order chi connectivity index (χ0) is 16.4. The summed E-state index contributed by atoms with van der Waals surface area (Å²) in [6.45, 7) is 1.75. The second kappa shape index (κ2) is 6.66. The molecular weight excluding hydrogens is 324 g/mol. The van der Waals surface area contributed by atoms with E-state index in [2.05, 4.69) is 10.3 Å². The number of amides is 2. The number of halogens is 2. The van der Waals surface area contributed by atoms with Crippen molar-refractivity contribution in [3.63, 3.8) is 0 Å². The fourth-order valence-electron chi connectivity index (χ4n) is 2.51. The Morgan fingerprint density at radius 1 is 1.35 bits per heavy atom. The first-order valence-corrected chi connectivity index (χ1v) is 8.20. The molecule has 2 aliphatic heterocycles. The number of likely N-dealkylation sites (tertiary alicyclic amines) is 1. The van der Waals surface area contributed by atoms with Crippen LogP contribution in [0.4, 0.5) is 14.5 Å². The Morgan fingerprint density at radius 2 is 2.09 bits per heavy atom. The van der Waals surface area contributed by atoms with Gasteiger partial charge in [0.15, 0.2) is 5.17 Å². The van der Waals surface area contributed by atoms with Crippen molar-refractivity contribution < 1.29 is 18.4 Å². The fourth-order valence-corrected chi connectivity index (χ4v) is 3.63. The summed E-state index contributed by atoms with van der Waals surface area (Å²) in [6, 6.07) is 2.90. The van der Waals surface area contributed by atoms with Gasteiger partial charge in [-0.3, -0.25) is 9.59 Å². The van der Waals surface area contributed by atoms with Gasteiger partial charge in [0.25, 0.3) is 5.91 Å². The molecule has 0 radical (unpaired) electrons. The minimum atomic E-state index is -0.849. The number of hydrogen-bond donors (Lipinski definition) is 1. The average Bonchev–Trinajstić information content (AvgIpc) is 3.13. The normalized spacial score (nSPS) is 20.8. The maximum Gasteiger partial charge on any atom is 0.262 e. The Hall–Kier alpha value is -1.96. The first-order chi connectivity index (χ1) is 11.0. The lowest BCUT2D eigenvalue weighted by atomic mass is 10.2. The molecule has 2 aliphatic rings. The lowest BCUT2D eigenvalue weighted by Gasteiger charge is -2.16. The highest BCUT2D eigenvalue weighted by Crippen LogP contribution is 2.29. The van der Waals surface area contributed by atoms with Gasteiger partial charge in [0, 0.05) is 25.6 Å². The van der Waals surface area contributed by atoms with Crippen molar-refractivity contribution in [3.8, 4) is 0 Å². The second-order valence-corrected chi connectivity index (χ2v) is 6.58. The molecule has 1 N–H and O–H groups in total. The number of amidine groups is 1. The monoisotopic (exact) mass is 339 g/mol. The molecule has 2 heterocycles. The van der Waals surface area contributed by atoms with Crippen LogP contribution in [0.3, 0.4) is 0 Å². The van der Waals surface area contributed by atoms with E-state index in [1.54, 1.807) is 0 Å². The van der Waals surface area contributed by atoms with Crippen molar-refractivity contribution in [2.45, 2.75) is 24.5 Å². The van der Waals surface area contributed by atoms with Crippen molar-refractivity contribution in [3.05, 3.63) is 29.8 Å². The Morgan fingerprint density at radius 3 is 2.78 bits per heavy atom. The topological polar surface area (TPSA) is 61.8 Å². The highest BCUT2D eigenvalue weighted by Gasteiger charge is 2.33. The summed E-state index contributed by atoms with van der Waals surface area (Å²) in [5.41, 5.74) is -0.104. The molecule has 1 atom stereocenters. The molecule has 1 saturated heterocycles. The smallest absolute Gasteiger partial charge is 0.262 e. The molecule has 0 saturated carbocycles. The molecule has 1 aromatic rings. The lowest BCUT2D eigenvalue weighted by molar-refractivity contribution is -0.121. The number of nitrogens with one attached hydrogen (secondary N) is 1. The molecule has 0 aliphatic carbocycles. The number of nitrogens with zero attached hydrogens (tertiary/aromatic N) is 2. The molecule has 2 amide bonds. The van der Waals surface area contributed by atoms with Crippen molar-refractivity contribution in [1.82, 2.24) is 4.90 Å². The molecule has 122 valence electrons. The van der Waals surface area contributed by atoms with Crippen molar-refractivity contribution in [2.75, 3.05) is 18.4 Å². The van der Waals surface area contributed by atoms with Gasteiger partial charge in [-0.05, 0) is 25.0 Å². The van der Waals surface area contributed by atoms with Gasteiger partial charge in [-0.15, -0.1) is 0 Å². The van der Waals surface area contributed by atoms with Crippen LogP contribution in [-0.2, 0) is 9.59 Å². The maximum absolute atomic E-state index is 13.5. The third kappa shape index (κ3) is 3.69. The Labute approximate surface area is 136 Å². The molecule has 1 fully saturated rings. The average molecular weight is 339 g/mol. The maximum atomic E-state index is 13.5. The van der Waals surface area contributed by atoms with E-state index in [0.717, 1.165) is 38.1 Å². The Balaban J connectivity index is 1.57. The van der Waals surface area contributed by atoms with Crippen molar-refractivity contribution >= 4 is 34.4 Å². The summed E-state index contributed by atoms with van der Waals surface area (Å²) >= 11 is 1.27. The predicted molar refractivity (Wildman–Crippen MR) is 84.2 cm³/mol. The number of carbonyl (C=O) groups excluding carboxylic acids is 2. The summed E-state index contributed by atoms with van der Waals surface area (Å²) in [6.07, 6.45) is 2.05. The third-order valence-corrected chi connectivity index (χ3v) is 4.89. The van der Waals surface area contributed by atoms with Crippen molar-refractivity contribution in [2.24, 2.45) is 4.99 Å². The standard InChI is InChI=1S/C15H15F2N3O2S/c16-9-3-4-11(10(17)7-9)18-13(21)8-12-14(22)19-15(23-12)20-5-1-2-6-20/h3-4,7,12H,1-2,5-6,8H2,(H,18,21). The second-order valence-electron chi connectivity index (χ2n) is 5.41. The van der Waals surface area contributed by atoms with Gasteiger partial charge in [-0.25, -0.2) is 8.78 Å². The number of carbonyl (C=O) groups is 2. The first kappa shape index (κ1) is 15.9. The largest absolute Gasteiger partial charge is 0.351 e. The fraction of sp³-hybridized carbons (Fsp3) is 0.400. The number of aliphatic imine (C=N–C) groups is 1. The van der Waals surface area contributed by atoms with Crippen LogP contribution in [0.1, 0.15) is 19.3 Å². The molecule has 23 heavy (non-hydrogen) atoms. The van der Waals surface area contributed by atoms with E-state index in [0.29, 0.717) is 11.2 Å². The van der Waals surface area contributed by atoms with Crippen LogP contribution in [0.2, 0.25) is 0 Å². The van der Waals surface area contributed by atoms with E-state index in [-0.39, 0.29) is 18.0 Å². The number of benzene rings is 1. The number of anilines is 1. The summed E-state index contributed by atoms with van der Waals surface area (Å²) in [4.78, 5) is 29.9. The van der Waals surface area contributed by atoms with Crippen LogP contribution in [0.25, 0.3) is 0 Å². The Bertz CT molecular complexity index is 675. The summed E-state index contributed by atoms with van der Waals surface area (Å²) in [5.74, 6) is -2.41. The van der Waals surface area contributed by atoms with Crippen LogP contribution in [0.5, 0.6) is 0 Å². The SMILES string of the molecule is O=C(CC1SC(N2CCCC2)=NC1=O)Nc1ccc(F)cc1F. The van der Waals surface area contributed by atoms with E-state index in [9.17, 15) is 18.4 Å². The van der Waals surface area contributed by atoms with E-state index in [1.807, 2.05) is 4.90 Å². The van der Waals surface area contributed by atoms with E-state index in [1.165, 1.54) is 11.8 Å². The number of hydrogen-bond acceptors (Lipinski definition) is 4. The highest BCUT2D eigenvalue weighted by atomic mass is 32.2. The quantitative estimate of drug-likeness (QED) is 0.918. The zero-order valence-corrected chi connectivity index (χ0v) is 13.0. The molecule has 1 unspecified atom stereocenters. The lowest BCUT2D eigenvalue weighted by Crippen LogP contribution is -2.25. The van der Waals surface area contributed by atoms with Gasteiger partial charge in [0.05, 0.1) is 5.69 Å². The number of thioether (sulfide) groups is 1. The van der Waals surface area contributed by atoms with E-state index < -0.39 is 22.8 Å². The highest BCUT2D eigenvalue weighted by molar-refractivity contribution is 8.15. The molecule has 0 bridgehead atoms. The molecule has 5 nitrogen and oxygen atoms in total. The predicted octanol–water partition coefficient (Wildman–Crippen LogP) is 2.39. The van der Waals surface area contributed by atoms with Crippen LogP contribution in [0, 0.1) is 11.6 Å². The zero-order valence-electron chi connectivity index (χ0n) is 12.2. The molecule has 1 aromatic carbocycles. The molecule has 0 aromatic heterocycles. The van der Waals surface area contributed by atoms with Crippen LogP contribution >= 0.6 is 11.8 Å². The van der Waals surface area contributed by atoms with Crippen molar-refractivity contribution in [1.29, 1.82) is 0 Å². The van der Waals surface area contributed by atoms with Gasteiger partial charge in [0.1, 0.15) is 16.9 Å². The summed E-state index contributed by atoms with van der Waals surface area (Å²) < 4.78 is 26.3. The van der Waals surface area contributed by atoms with Gasteiger partial charge >= 0.3 is 0 Å². The van der Waals surface area contributed by atoms with Crippen LogP contribution in [0.15, 0.2) is 23.2 Å². The van der Waals surface area contributed by atoms with Crippen LogP contribution in [-0.4, -0.2) is 40.2 Å². The first-order valence-electron chi connectivity index (χ1n) is 7.32. The van der Waals surface area contributed by atoms with E-state index in [4.69, 9.17) is 0 Å². The van der Waals surface area contributed by atoms with Gasteiger partial charge in [0.2, 0.25) is 5.91 Å². The molecular formula is C15H15F2N3O2S. The van der Waals surface area contributed by atoms with Gasteiger partial charge in [-0.1, -0.05) is 11.8 Å². The van der Waals surface area contributed by atoms with Crippen LogP contribution < -0.4 is 5.32 Å². The number of rotatable bonds is 3. The third-order valence-electron chi connectivity index (χ3n) is 3.68. The summed E-state index contributed by atoms with van der Waals surface area (Å²) in [7, 11) is 0.